The van der Waals surface area contributed by atoms with Crippen LogP contribution in [0, 0.1) is 0 Å². The molecule has 0 amide bonds. The van der Waals surface area contributed by atoms with Crippen molar-refractivity contribution in [3.63, 3.8) is 0 Å². The van der Waals surface area contributed by atoms with E-state index < -0.39 is 0 Å². The molecule has 0 aliphatic heterocycles. The van der Waals surface area contributed by atoms with Crippen LogP contribution in [0.4, 0.5) is 0 Å². The normalized spacial score (nSPS) is 11.2. The lowest BCUT2D eigenvalue weighted by atomic mass is 10.3. The van der Waals surface area contributed by atoms with Gasteiger partial charge < -0.3 is 9.88 Å². The minimum absolute atomic E-state index is 0.771. The van der Waals surface area contributed by atoms with Crippen molar-refractivity contribution in [2.24, 2.45) is 0 Å². The second-order valence-electron chi connectivity index (χ2n) is 4.78. The average molecular weight is 295 g/mol. The first-order chi connectivity index (χ1) is 9.71. The quantitative estimate of drug-likeness (QED) is 0.852. The molecule has 0 unspecified atom stereocenters. The first-order valence-corrected chi connectivity index (χ1v) is 7.67. The fourth-order valence-corrected chi connectivity index (χ4v) is 2.68. The molecule has 2 aromatic rings. The summed E-state index contributed by atoms with van der Waals surface area (Å²) in [5, 5.41) is 8.75. The monoisotopic (exact) mass is 294 g/mol. The Balaban J connectivity index is 2.25. The Bertz CT molecular complexity index is 556. The van der Waals surface area contributed by atoms with E-state index in [2.05, 4.69) is 54.1 Å². The predicted molar refractivity (Wildman–Crippen MR) is 83.2 cm³/mol. The second kappa shape index (κ2) is 6.95. The third-order valence-corrected chi connectivity index (χ3v) is 3.93. The molecule has 0 aliphatic carbocycles. The van der Waals surface area contributed by atoms with Gasteiger partial charge in [-0.15, -0.1) is 0 Å². The Morgan fingerprint density at radius 3 is 2.75 bits per heavy atom. The van der Waals surface area contributed by atoms with E-state index in [0.29, 0.717) is 0 Å². The number of halogens is 1. The van der Waals surface area contributed by atoms with E-state index >= 15 is 0 Å². The number of hydrogen-bond acceptors (Lipinski definition) is 2. The summed E-state index contributed by atoms with van der Waals surface area (Å²) in [4.78, 5) is 0. The van der Waals surface area contributed by atoms with Gasteiger partial charge in [0.2, 0.25) is 0 Å². The zero-order chi connectivity index (χ0) is 14.5. The van der Waals surface area contributed by atoms with Crippen molar-refractivity contribution in [2.45, 2.75) is 46.8 Å². The molecule has 0 aliphatic rings. The molecule has 2 rings (SSSR count). The summed E-state index contributed by atoms with van der Waals surface area (Å²) < 4.78 is 4.25. The number of rotatable bonds is 7. The highest BCUT2D eigenvalue weighted by atomic mass is 35.5. The number of aromatic nitrogens is 3. The van der Waals surface area contributed by atoms with E-state index in [1.807, 2.05) is 4.68 Å². The Morgan fingerprint density at radius 1 is 1.30 bits per heavy atom. The number of nitrogens with one attached hydrogen (secondary N) is 1. The molecule has 0 saturated heterocycles. The van der Waals surface area contributed by atoms with Crippen LogP contribution in [0.15, 0.2) is 18.3 Å². The van der Waals surface area contributed by atoms with Crippen molar-refractivity contribution in [3.8, 4) is 0 Å². The Labute approximate surface area is 125 Å². The summed E-state index contributed by atoms with van der Waals surface area (Å²) in [6.45, 7) is 9.77. The summed E-state index contributed by atoms with van der Waals surface area (Å²) in [6, 6.07) is 4.22. The van der Waals surface area contributed by atoms with E-state index in [1.54, 1.807) is 0 Å². The zero-order valence-corrected chi connectivity index (χ0v) is 13.2. The van der Waals surface area contributed by atoms with Crippen molar-refractivity contribution in [1.82, 2.24) is 19.7 Å². The van der Waals surface area contributed by atoms with Gasteiger partial charge in [0, 0.05) is 25.0 Å². The molecule has 0 atom stereocenters. The van der Waals surface area contributed by atoms with Crippen LogP contribution in [-0.2, 0) is 26.1 Å². The summed E-state index contributed by atoms with van der Waals surface area (Å²) in [5.74, 6) is 0. The standard InChI is InChI=1S/C15H23ClN4/c1-4-13-15(16)14(20(6-3)18-13)11-19-9-7-8-12(19)10-17-5-2/h7-9,17H,4-6,10-11H2,1-3H3. The van der Waals surface area contributed by atoms with Gasteiger partial charge in [0.1, 0.15) is 0 Å². The molecule has 4 nitrogen and oxygen atoms in total. The van der Waals surface area contributed by atoms with E-state index in [1.165, 1.54) is 5.69 Å². The van der Waals surface area contributed by atoms with Gasteiger partial charge in [-0.2, -0.15) is 5.10 Å². The Hall–Kier alpha value is -1.26. The van der Waals surface area contributed by atoms with Gasteiger partial charge in [-0.25, -0.2) is 0 Å². The number of nitrogens with zero attached hydrogens (tertiary/aromatic N) is 3. The fraction of sp³-hybridized carbons (Fsp3) is 0.533. The van der Waals surface area contributed by atoms with Crippen molar-refractivity contribution < 1.29 is 0 Å². The molecule has 110 valence electrons. The molecule has 1 N–H and O–H groups in total. The van der Waals surface area contributed by atoms with Crippen LogP contribution in [-0.4, -0.2) is 20.9 Å². The van der Waals surface area contributed by atoms with E-state index in [0.717, 1.165) is 49.0 Å². The third kappa shape index (κ3) is 3.07. The second-order valence-corrected chi connectivity index (χ2v) is 5.16. The predicted octanol–water partition coefficient (Wildman–Crippen LogP) is 3.08. The summed E-state index contributed by atoms with van der Waals surface area (Å²) in [5.41, 5.74) is 3.36. The molecule has 2 aromatic heterocycles. The van der Waals surface area contributed by atoms with Gasteiger partial charge in [-0.1, -0.05) is 25.4 Å². The molecule has 5 heteroatoms. The Kier molecular flexibility index (Phi) is 5.26. The molecule has 0 saturated carbocycles. The average Bonchev–Trinajstić information content (AvgIpc) is 3.02. The molecule has 0 fully saturated rings. The van der Waals surface area contributed by atoms with Crippen LogP contribution in [0.2, 0.25) is 5.02 Å². The highest BCUT2D eigenvalue weighted by molar-refractivity contribution is 6.31. The molecule has 0 aromatic carbocycles. The van der Waals surface area contributed by atoms with Crippen molar-refractivity contribution in [2.75, 3.05) is 6.54 Å². The van der Waals surface area contributed by atoms with E-state index in [9.17, 15) is 0 Å². The zero-order valence-electron chi connectivity index (χ0n) is 12.5. The summed E-state index contributed by atoms with van der Waals surface area (Å²) in [6.07, 6.45) is 2.97. The summed E-state index contributed by atoms with van der Waals surface area (Å²) >= 11 is 6.47. The van der Waals surface area contributed by atoms with Crippen LogP contribution >= 0.6 is 11.6 Å². The molecular formula is C15H23ClN4. The minimum atomic E-state index is 0.771. The van der Waals surface area contributed by atoms with Crippen LogP contribution in [0.25, 0.3) is 0 Å². The number of hydrogen-bond donors (Lipinski definition) is 1. The largest absolute Gasteiger partial charge is 0.344 e. The molecule has 0 spiro atoms. The molecule has 20 heavy (non-hydrogen) atoms. The maximum absolute atomic E-state index is 6.47. The van der Waals surface area contributed by atoms with Crippen LogP contribution < -0.4 is 5.32 Å². The van der Waals surface area contributed by atoms with Crippen LogP contribution in [0.5, 0.6) is 0 Å². The van der Waals surface area contributed by atoms with Crippen LogP contribution in [0.3, 0.4) is 0 Å². The van der Waals surface area contributed by atoms with Gasteiger partial charge >= 0.3 is 0 Å². The van der Waals surface area contributed by atoms with Crippen LogP contribution in [0.1, 0.15) is 37.9 Å². The van der Waals surface area contributed by atoms with Gasteiger partial charge in [0.15, 0.2) is 0 Å². The third-order valence-electron chi connectivity index (χ3n) is 3.49. The van der Waals surface area contributed by atoms with Gasteiger partial charge in [0.05, 0.1) is 23.0 Å². The molecule has 0 bridgehead atoms. The minimum Gasteiger partial charge on any atom is -0.344 e. The highest BCUT2D eigenvalue weighted by Crippen LogP contribution is 2.23. The lowest BCUT2D eigenvalue weighted by Gasteiger charge is -2.11. The van der Waals surface area contributed by atoms with Crippen molar-refractivity contribution in [1.29, 1.82) is 0 Å². The number of aryl methyl sites for hydroxylation is 2. The van der Waals surface area contributed by atoms with Crippen molar-refractivity contribution >= 4 is 11.6 Å². The van der Waals surface area contributed by atoms with E-state index in [4.69, 9.17) is 11.6 Å². The summed E-state index contributed by atoms with van der Waals surface area (Å²) in [7, 11) is 0. The van der Waals surface area contributed by atoms with Gasteiger partial charge in [0.25, 0.3) is 0 Å². The van der Waals surface area contributed by atoms with Crippen molar-refractivity contribution in [3.05, 3.63) is 40.4 Å². The molecular weight excluding hydrogens is 272 g/mol. The fourth-order valence-electron chi connectivity index (χ4n) is 2.35. The molecule has 0 radical (unpaired) electrons. The lowest BCUT2D eigenvalue weighted by molar-refractivity contribution is 0.581. The lowest BCUT2D eigenvalue weighted by Crippen LogP contribution is -2.16. The first kappa shape index (κ1) is 15.1. The van der Waals surface area contributed by atoms with Gasteiger partial charge in [-0.05, 0) is 32.0 Å². The maximum atomic E-state index is 6.47. The Morgan fingerprint density at radius 2 is 2.10 bits per heavy atom. The molecule has 2 heterocycles. The van der Waals surface area contributed by atoms with Gasteiger partial charge in [-0.3, -0.25) is 4.68 Å². The topological polar surface area (TPSA) is 34.8 Å². The van der Waals surface area contributed by atoms with E-state index in [-0.39, 0.29) is 0 Å². The first-order valence-electron chi connectivity index (χ1n) is 7.29. The highest BCUT2D eigenvalue weighted by Gasteiger charge is 2.15. The maximum Gasteiger partial charge on any atom is 0.0868 e. The smallest absolute Gasteiger partial charge is 0.0868 e. The SMILES string of the molecule is CCNCc1cccn1Cc1c(Cl)c(CC)nn1CC.